The number of carboxylic acid groups (broad SMARTS) is 1. The van der Waals surface area contributed by atoms with Crippen LogP contribution in [-0.4, -0.2) is 42.1 Å². The van der Waals surface area contributed by atoms with E-state index < -0.39 is 23.9 Å². The highest BCUT2D eigenvalue weighted by Crippen LogP contribution is 2.00. The fraction of sp³-hybridized carbons (Fsp3) is 0.727. The predicted octanol–water partition coefficient (Wildman–Crippen LogP) is -0.0790. The molecule has 0 radical (unpaired) electrons. The molecule has 0 saturated heterocycles. The van der Waals surface area contributed by atoms with Gasteiger partial charge in [-0.2, -0.15) is 0 Å². The number of urea groups is 1. The van der Waals surface area contributed by atoms with Gasteiger partial charge in [0.25, 0.3) is 0 Å². The quantitative estimate of drug-likeness (QED) is 0.511. The van der Waals surface area contributed by atoms with Gasteiger partial charge >= 0.3 is 12.0 Å². The Bertz CT molecular complexity index is 305. The molecule has 1 atom stereocenters. The van der Waals surface area contributed by atoms with Crippen LogP contribution in [0.4, 0.5) is 4.79 Å². The number of hydrogen-bond donors (Lipinski definition) is 4. The molecule has 0 fully saturated rings. The minimum atomic E-state index is -1.02. The number of carbonyl (C=O) groups is 3. The molecule has 7 nitrogen and oxygen atoms in total. The van der Waals surface area contributed by atoms with Crippen LogP contribution in [0.15, 0.2) is 0 Å². The topological polar surface area (TPSA) is 108 Å². The summed E-state index contributed by atoms with van der Waals surface area (Å²) in [5.74, 6) is -1.73. The molecule has 18 heavy (non-hydrogen) atoms. The maximum Gasteiger partial charge on any atom is 0.321 e. The van der Waals surface area contributed by atoms with E-state index in [0.29, 0.717) is 6.54 Å². The SMILES string of the molecule is CCCNC(=O)NC(=O)CNC(C(=O)O)C(C)C. The van der Waals surface area contributed by atoms with Crippen LogP contribution in [0.5, 0.6) is 0 Å². The average molecular weight is 259 g/mol. The second kappa shape index (κ2) is 8.46. The van der Waals surface area contributed by atoms with Gasteiger partial charge in [-0.3, -0.25) is 20.2 Å². The second-order valence-electron chi connectivity index (χ2n) is 4.24. The Morgan fingerprint density at radius 1 is 1.22 bits per heavy atom. The Balaban J connectivity index is 4.02. The summed E-state index contributed by atoms with van der Waals surface area (Å²) in [4.78, 5) is 33.3. The number of carbonyl (C=O) groups excluding carboxylic acids is 2. The largest absolute Gasteiger partial charge is 0.480 e. The molecule has 1 unspecified atom stereocenters. The van der Waals surface area contributed by atoms with Gasteiger partial charge in [-0.25, -0.2) is 4.79 Å². The molecule has 0 rings (SSSR count). The lowest BCUT2D eigenvalue weighted by atomic mass is 10.1. The molecule has 3 amide bonds. The highest BCUT2D eigenvalue weighted by atomic mass is 16.4. The van der Waals surface area contributed by atoms with Crippen molar-refractivity contribution in [2.45, 2.75) is 33.2 Å². The smallest absolute Gasteiger partial charge is 0.321 e. The summed E-state index contributed by atoms with van der Waals surface area (Å²) in [6.07, 6.45) is 0.772. The van der Waals surface area contributed by atoms with Crippen LogP contribution in [-0.2, 0) is 9.59 Å². The maximum atomic E-state index is 11.3. The van der Waals surface area contributed by atoms with E-state index in [1.165, 1.54) is 0 Å². The third-order valence-electron chi connectivity index (χ3n) is 2.20. The van der Waals surface area contributed by atoms with Gasteiger partial charge in [-0.1, -0.05) is 20.8 Å². The van der Waals surface area contributed by atoms with Gasteiger partial charge in [-0.15, -0.1) is 0 Å². The number of hydrogen-bond acceptors (Lipinski definition) is 4. The molecule has 0 aromatic heterocycles. The highest BCUT2D eigenvalue weighted by molar-refractivity contribution is 5.95. The van der Waals surface area contributed by atoms with Gasteiger partial charge in [0.05, 0.1) is 6.54 Å². The second-order valence-corrected chi connectivity index (χ2v) is 4.24. The fourth-order valence-electron chi connectivity index (χ4n) is 1.26. The zero-order valence-corrected chi connectivity index (χ0v) is 10.9. The number of imide groups is 1. The maximum absolute atomic E-state index is 11.3. The van der Waals surface area contributed by atoms with Crippen molar-refractivity contribution in [3.05, 3.63) is 0 Å². The molecule has 0 aromatic rings. The monoisotopic (exact) mass is 259 g/mol. The molecule has 0 aliphatic rings. The minimum Gasteiger partial charge on any atom is -0.480 e. The van der Waals surface area contributed by atoms with E-state index in [0.717, 1.165) is 6.42 Å². The summed E-state index contributed by atoms with van der Waals surface area (Å²) in [6.45, 7) is 5.63. The van der Waals surface area contributed by atoms with Crippen LogP contribution >= 0.6 is 0 Å². The zero-order valence-electron chi connectivity index (χ0n) is 10.9. The number of amides is 3. The number of nitrogens with one attached hydrogen (secondary N) is 3. The van der Waals surface area contributed by atoms with Crippen molar-refractivity contribution in [3.63, 3.8) is 0 Å². The van der Waals surface area contributed by atoms with Crippen molar-refractivity contribution < 1.29 is 19.5 Å². The van der Waals surface area contributed by atoms with E-state index in [4.69, 9.17) is 5.11 Å². The lowest BCUT2D eigenvalue weighted by Crippen LogP contribution is -2.48. The molecule has 0 heterocycles. The van der Waals surface area contributed by atoms with Crippen molar-refractivity contribution in [1.82, 2.24) is 16.0 Å². The molecule has 104 valence electrons. The van der Waals surface area contributed by atoms with Crippen LogP contribution in [0, 0.1) is 5.92 Å². The Labute approximate surface area is 106 Å². The first kappa shape index (κ1) is 16.4. The lowest BCUT2D eigenvalue weighted by molar-refractivity contribution is -0.140. The van der Waals surface area contributed by atoms with Gasteiger partial charge in [0.2, 0.25) is 5.91 Å². The predicted molar refractivity (Wildman–Crippen MR) is 66.1 cm³/mol. The van der Waals surface area contributed by atoms with Gasteiger partial charge < -0.3 is 10.4 Å². The molecule has 0 spiro atoms. The van der Waals surface area contributed by atoms with Gasteiger partial charge in [0.1, 0.15) is 6.04 Å². The normalized spacial score (nSPS) is 12.0. The van der Waals surface area contributed by atoms with Gasteiger partial charge in [-0.05, 0) is 12.3 Å². The van der Waals surface area contributed by atoms with E-state index in [1.807, 2.05) is 6.92 Å². The molecule has 4 N–H and O–H groups in total. The Kier molecular flexibility index (Phi) is 7.69. The fourth-order valence-corrected chi connectivity index (χ4v) is 1.26. The first-order chi connectivity index (χ1) is 8.38. The van der Waals surface area contributed by atoms with Crippen molar-refractivity contribution in [3.8, 4) is 0 Å². The molecular weight excluding hydrogens is 238 g/mol. The molecule has 7 heteroatoms. The first-order valence-electron chi connectivity index (χ1n) is 5.92. The standard InChI is InChI=1S/C11H21N3O4/c1-4-5-12-11(18)14-8(15)6-13-9(7(2)3)10(16)17/h7,9,13H,4-6H2,1-3H3,(H,16,17)(H2,12,14,15,18). The number of carboxylic acids is 1. The van der Waals surface area contributed by atoms with E-state index in [9.17, 15) is 14.4 Å². The van der Waals surface area contributed by atoms with E-state index in [2.05, 4.69) is 16.0 Å². The minimum absolute atomic E-state index is 0.149. The zero-order chi connectivity index (χ0) is 14.1. The third-order valence-corrected chi connectivity index (χ3v) is 2.20. The summed E-state index contributed by atoms with van der Waals surface area (Å²) in [5.41, 5.74) is 0. The van der Waals surface area contributed by atoms with Crippen molar-refractivity contribution >= 4 is 17.9 Å². The molecule has 0 bridgehead atoms. The van der Waals surface area contributed by atoms with Crippen LogP contribution in [0.25, 0.3) is 0 Å². The van der Waals surface area contributed by atoms with Crippen LogP contribution in [0.1, 0.15) is 27.2 Å². The van der Waals surface area contributed by atoms with E-state index in [1.54, 1.807) is 13.8 Å². The molecule has 0 saturated carbocycles. The summed E-state index contributed by atoms with van der Waals surface area (Å²) < 4.78 is 0. The van der Waals surface area contributed by atoms with Crippen LogP contribution in [0.3, 0.4) is 0 Å². The van der Waals surface area contributed by atoms with Gasteiger partial charge in [0, 0.05) is 6.54 Å². The summed E-state index contributed by atoms with van der Waals surface area (Å²) in [6, 6.07) is -1.38. The van der Waals surface area contributed by atoms with Crippen LogP contribution in [0.2, 0.25) is 0 Å². The van der Waals surface area contributed by atoms with Crippen molar-refractivity contribution in [2.24, 2.45) is 5.92 Å². The average Bonchev–Trinajstić information content (AvgIpc) is 2.25. The van der Waals surface area contributed by atoms with Crippen molar-refractivity contribution in [2.75, 3.05) is 13.1 Å². The molecular formula is C11H21N3O4. The summed E-state index contributed by atoms with van der Waals surface area (Å²) in [5, 5.41) is 16.1. The molecule has 0 aliphatic carbocycles. The lowest BCUT2D eigenvalue weighted by Gasteiger charge is -2.17. The van der Waals surface area contributed by atoms with E-state index >= 15 is 0 Å². The molecule has 0 aromatic carbocycles. The molecule has 0 aliphatic heterocycles. The Morgan fingerprint density at radius 2 is 1.83 bits per heavy atom. The third kappa shape index (κ3) is 6.85. The van der Waals surface area contributed by atoms with Gasteiger partial charge in [0.15, 0.2) is 0 Å². The number of aliphatic carboxylic acids is 1. The van der Waals surface area contributed by atoms with Crippen molar-refractivity contribution in [1.29, 1.82) is 0 Å². The first-order valence-corrected chi connectivity index (χ1v) is 5.92. The summed E-state index contributed by atoms with van der Waals surface area (Å²) >= 11 is 0. The number of rotatable bonds is 7. The summed E-state index contributed by atoms with van der Waals surface area (Å²) in [7, 11) is 0. The Hall–Kier alpha value is -1.63. The van der Waals surface area contributed by atoms with E-state index in [-0.39, 0.29) is 12.5 Å². The van der Waals surface area contributed by atoms with Crippen LogP contribution < -0.4 is 16.0 Å². The Morgan fingerprint density at radius 3 is 2.28 bits per heavy atom. The highest BCUT2D eigenvalue weighted by Gasteiger charge is 2.21.